The number of halogens is 1. The van der Waals surface area contributed by atoms with Crippen molar-refractivity contribution in [1.82, 2.24) is 10.2 Å². The molecule has 1 amide bonds. The molecule has 0 saturated carbocycles. The first-order chi connectivity index (χ1) is 14.3. The number of carbonyl (C=O) groups excluding carboxylic acids is 2. The molecule has 1 unspecified atom stereocenters. The molecule has 1 aliphatic rings. The number of benzene rings is 2. The molecule has 2 heterocycles. The minimum atomic E-state index is -0.801. The van der Waals surface area contributed by atoms with Crippen molar-refractivity contribution in [3.05, 3.63) is 79.8 Å². The van der Waals surface area contributed by atoms with Crippen molar-refractivity contribution in [3.63, 3.8) is 0 Å². The Morgan fingerprint density at radius 2 is 1.77 bits per heavy atom. The summed E-state index contributed by atoms with van der Waals surface area (Å²) in [6.45, 7) is 5.54. The molecule has 1 aromatic heterocycles. The number of aliphatic hydroxyl groups is 1. The standard InChI is InChI=1S/C22H18BrN3O3S/c1-11-4-5-12(2)16(10-11)19(27)17-18(14-6-8-15(23)9-7-14)26(21(29)20(17)28)22-25-24-13(3)30-22/h4-10,18,27H,1-3H3. The summed E-state index contributed by atoms with van der Waals surface area (Å²) in [6, 6.07) is 12.1. The third-order valence-corrected chi connectivity index (χ3v) is 6.37. The number of ketones is 1. The molecule has 4 rings (SSSR count). The molecule has 3 aromatic rings. The van der Waals surface area contributed by atoms with Crippen molar-refractivity contribution in [1.29, 1.82) is 0 Å². The summed E-state index contributed by atoms with van der Waals surface area (Å²) < 4.78 is 0.865. The topological polar surface area (TPSA) is 83.4 Å². The lowest BCUT2D eigenvalue weighted by Crippen LogP contribution is -2.29. The number of aliphatic hydroxyl groups excluding tert-OH is 1. The number of nitrogens with zero attached hydrogens (tertiary/aromatic N) is 3. The molecule has 0 spiro atoms. The van der Waals surface area contributed by atoms with Crippen LogP contribution in [-0.2, 0) is 9.59 Å². The molecule has 2 aromatic carbocycles. The van der Waals surface area contributed by atoms with Gasteiger partial charge < -0.3 is 5.11 Å². The van der Waals surface area contributed by atoms with Crippen molar-refractivity contribution in [2.45, 2.75) is 26.8 Å². The summed E-state index contributed by atoms with van der Waals surface area (Å²) in [7, 11) is 0. The van der Waals surface area contributed by atoms with E-state index in [1.54, 1.807) is 6.92 Å². The molecule has 30 heavy (non-hydrogen) atoms. The molecule has 152 valence electrons. The van der Waals surface area contributed by atoms with Crippen LogP contribution in [0.3, 0.4) is 0 Å². The van der Waals surface area contributed by atoms with Gasteiger partial charge >= 0.3 is 5.91 Å². The van der Waals surface area contributed by atoms with E-state index in [9.17, 15) is 14.7 Å². The van der Waals surface area contributed by atoms with Gasteiger partial charge in [-0.15, -0.1) is 10.2 Å². The van der Waals surface area contributed by atoms with E-state index < -0.39 is 17.7 Å². The number of carbonyl (C=O) groups is 2. The maximum absolute atomic E-state index is 13.1. The summed E-state index contributed by atoms with van der Waals surface area (Å²) in [5.74, 6) is -1.66. The molecule has 0 aliphatic carbocycles. The van der Waals surface area contributed by atoms with Crippen LogP contribution in [-0.4, -0.2) is 27.0 Å². The fourth-order valence-corrected chi connectivity index (χ4v) is 4.49. The molecule has 1 N–H and O–H groups in total. The number of rotatable bonds is 3. The maximum Gasteiger partial charge on any atom is 0.301 e. The molecule has 8 heteroatoms. The molecule has 1 saturated heterocycles. The predicted molar refractivity (Wildman–Crippen MR) is 119 cm³/mol. The average molecular weight is 484 g/mol. The number of hydrogen-bond acceptors (Lipinski definition) is 6. The summed E-state index contributed by atoms with van der Waals surface area (Å²) >= 11 is 4.63. The Hall–Kier alpha value is -2.84. The predicted octanol–water partition coefficient (Wildman–Crippen LogP) is 4.85. The van der Waals surface area contributed by atoms with Crippen LogP contribution in [0.4, 0.5) is 5.13 Å². The third kappa shape index (κ3) is 3.46. The fourth-order valence-electron chi connectivity index (χ4n) is 3.51. The Balaban J connectivity index is 1.97. The van der Waals surface area contributed by atoms with E-state index in [4.69, 9.17) is 0 Å². The zero-order chi connectivity index (χ0) is 21.6. The molecule has 0 bridgehead atoms. The highest BCUT2D eigenvalue weighted by Crippen LogP contribution is 2.43. The molecular weight excluding hydrogens is 466 g/mol. The first-order valence-electron chi connectivity index (χ1n) is 9.22. The molecule has 6 nitrogen and oxygen atoms in total. The number of aryl methyl sites for hydroxylation is 3. The van der Waals surface area contributed by atoms with E-state index in [-0.39, 0.29) is 11.3 Å². The third-order valence-electron chi connectivity index (χ3n) is 5.00. The quantitative estimate of drug-likeness (QED) is 0.327. The Morgan fingerprint density at radius 3 is 2.40 bits per heavy atom. The summed E-state index contributed by atoms with van der Waals surface area (Å²) in [5, 5.41) is 20.3. The number of amides is 1. The molecule has 1 aliphatic heterocycles. The van der Waals surface area contributed by atoms with E-state index in [1.807, 2.05) is 56.3 Å². The van der Waals surface area contributed by atoms with Gasteiger partial charge in [0.1, 0.15) is 10.8 Å². The Labute approximate surface area is 186 Å². The van der Waals surface area contributed by atoms with Gasteiger partial charge in [0.2, 0.25) is 5.13 Å². The van der Waals surface area contributed by atoms with Crippen molar-refractivity contribution in [2.24, 2.45) is 0 Å². The van der Waals surface area contributed by atoms with Crippen LogP contribution < -0.4 is 4.90 Å². The zero-order valence-corrected chi connectivity index (χ0v) is 18.9. The number of anilines is 1. The second kappa shape index (κ2) is 7.77. The maximum atomic E-state index is 13.1. The van der Waals surface area contributed by atoms with Gasteiger partial charge in [0, 0.05) is 10.0 Å². The monoisotopic (exact) mass is 483 g/mol. The van der Waals surface area contributed by atoms with Gasteiger partial charge in [-0.05, 0) is 50.1 Å². The van der Waals surface area contributed by atoms with E-state index in [0.717, 1.165) is 15.6 Å². The molecule has 1 fully saturated rings. The lowest BCUT2D eigenvalue weighted by atomic mass is 9.93. The van der Waals surface area contributed by atoms with E-state index in [2.05, 4.69) is 26.1 Å². The first kappa shape index (κ1) is 20.4. The minimum Gasteiger partial charge on any atom is -0.507 e. The number of aromatic nitrogens is 2. The second-order valence-electron chi connectivity index (χ2n) is 7.14. The summed E-state index contributed by atoms with van der Waals surface area (Å²) in [5.41, 5.74) is 3.02. The van der Waals surface area contributed by atoms with Gasteiger partial charge in [0.05, 0.1) is 11.6 Å². The van der Waals surface area contributed by atoms with Gasteiger partial charge in [-0.1, -0.05) is 57.1 Å². The number of Topliss-reactive ketones (excluding diaryl/α,β-unsaturated/α-hetero) is 1. The van der Waals surface area contributed by atoms with Crippen LogP contribution in [0.15, 0.2) is 52.5 Å². The van der Waals surface area contributed by atoms with Crippen LogP contribution in [0.2, 0.25) is 0 Å². The zero-order valence-electron chi connectivity index (χ0n) is 16.5. The SMILES string of the molecule is Cc1ccc(C)c(C(O)=C2C(=O)C(=O)N(c3nnc(C)s3)C2c2ccc(Br)cc2)c1. The van der Waals surface area contributed by atoms with Crippen molar-refractivity contribution in [2.75, 3.05) is 4.90 Å². The largest absolute Gasteiger partial charge is 0.507 e. The molecule has 1 atom stereocenters. The second-order valence-corrected chi connectivity index (χ2v) is 9.22. The van der Waals surface area contributed by atoms with Crippen molar-refractivity contribution in [3.8, 4) is 0 Å². The van der Waals surface area contributed by atoms with Crippen molar-refractivity contribution >= 4 is 49.8 Å². The Bertz CT molecular complexity index is 1200. The Kier molecular flexibility index (Phi) is 5.29. The summed E-state index contributed by atoms with van der Waals surface area (Å²) in [4.78, 5) is 27.4. The van der Waals surface area contributed by atoms with Gasteiger partial charge in [-0.2, -0.15) is 0 Å². The highest BCUT2D eigenvalue weighted by molar-refractivity contribution is 9.10. The van der Waals surface area contributed by atoms with Gasteiger partial charge in [0.25, 0.3) is 5.78 Å². The fraction of sp³-hybridized carbons (Fsp3) is 0.182. The van der Waals surface area contributed by atoms with Crippen LogP contribution in [0, 0.1) is 20.8 Å². The van der Waals surface area contributed by atoms with Crippen molar-refractivity contribution < 1.29 is 14.7 Å². The minimum absolute atomic E-state index is 0.0453. The van der Waals surface area contributed by atoms with Gasteiger partial charge in [-0.3, -0.25) is 14.5 Å². The van der Waals surface area contributed by atoms with Gasteiger partial charge in [-0.25, -0.2) is 0 Å². The normalized spacial score (nSPS) is 18.3. The highest BCUT2D eigenvalue weighted by Gasteiger charge is 2.48. The van der Waals surface area contributed by atoms with E-state index >= 15 is 0 Å². The molecule has 0 radical (unpaired) electrons. The van der Waals surface area contributed by atoms with E-state index in [1.165, 1.54) is 16.2 Å². The summed E-state index contributed by atoms with van der Waals surface area (Å²) in [6.07, 6.45) is 0. The van der Waals surface area contributed by atoms with Gasteiger partial charge in [0.15, 0.2) is 0 Å². The van der Waals surface area contributed by atoms with Crippen LogP contribution in [0.1, 0.15) is 33.3 Å². The smallest absolute Gasteiger partial charge is 0.301 e. The van der Waals surface area contributed by atoms with E-state index in [0.29, 0.717) is 21.3 Å². The number of hydrogen-bond donors (Lipinski definition) is 1. The Morgan fingerprint density at radius 1 is 1.07 bits per heavy atom. The van der Waals surface area contributed by atoms with Crippen LogP contribution in [0.25, 0.3) is 5.76 Å². The average Bonchev–Trinajstić information content (AvgIpc) is 3.25. The molecular formula is C22H18BrN3O3S. The lowest BCUT2D eigenvalue weighted by Gasteiger charge is -2.22. The highest BCUT2D eigenvalue weighted by atomic mass is 79.9. The lowest BCUT2D eigenvalue weighted by molar-refractivity contribution is -0.132. The van der Waals surface area contributed by atoms with Crippen LogP contribution >= 0.6 is 27.3 Å². The first-order valence-corrected chi connectivity index (χ1v) is 10.8. The van der Waals surface area contributed by atoms with Crippen LogP contribution in [0.5, 0.6) is 0 Å².